The van der Waals surface area contributed by atoms with Crippen LogP contribution in [0.3, 0.4) is 0 Å². The van der Waals surface area contributed by atoms with Gasteiger partial charge in [0.15, 0.2) is 3.38 Å². The average Bonchev–Trinajstić information content (AvgIpc) is 1.59. The highest BCUT2D eigenvalue weighted by atomic mass is 127. The van der Waals surface area contributed by atoms with Crippen molar-refractivity contribution >= 4 is 42.5 Å². The lowest BCUT2D eigenvalue weighted by Crippen LogP contribution is -1.94. The second-order valence-corrected chi connectivity index (χ2v) is 6.38. The van der Waals surface area contributed by atoms with Crippen molar-refractivity contribution < 1.29 is 13.0 Å². The number of alkyl halides is 1. The highest BCUT2D eigenvalue weighted by molar-refractivity contribution is 14.1. The average molecular weight is 295 g/mol. The number of rotatable bonds is 3. The van der Waals surface area contributed by atoms with E-state index in [0.29, 0.717) is 0 Å². The number of hydrogen-bond donors (Lipinski definition) is 1. The van der Waals surface area contributed by atoms with Crippen molar-refractivity contribution in [3.8, 4) is 0 Å². The second-order valence-electron chi connectivity index (χ2n) is 1.02. The first kappa shape index (κ1) is 10.3. The Balaban J connectivity index is 4.05. The third-order valence-electron chi connectivity index (χ3n) is 0.343. The van der Waals surface area contributed by atoms with E-state index >= 15 is 0 Å². The standard InChI is InChI=1S/CH2IN3O3S2/c2-1(4-5-3)9-10(6,7)8/h1H,(H,6,7,8). The Morgan fingerprint density at radius 1 is 1.80 bits per heavy atom. The van der Waals surface area contributed by atoms with Gasteiger partial charge in [-0.05, 0) is 5.53 Å². The predicted molar refractivity (Wildman–Crippen MR) is 46.1 cm³/mol. The van der Waals surface area contributed by atoms with Crippen LogP contribution in [0.5, 0.6) is 0 Å². The maximum absolute atomic E-state index is 10.0. The van der Waals surface area contributed by atoms with E-state index in [1.54, 1.807) is 22.6 Å². The number of hydrogen-bond acceptors (Lipinski definition) is 4. The van der Waals surface area contributed by atoms with Crippen LogP contribution in [0.25, 0.3) is 10.4 Å². The highest BCUT2D eigenvalue weighted by Gasteiger charge is 2.11. The topological polar surface area (TPSA) is 103 Å². The molecule has 0 rings (SSSR count). The second kappa shape index (κ2) is 4.23. The molecule has 0 heterocycles. The molecule has 1 unspecified atom stereocenters. The maximum atomic E-state index is 10.0. The number of azide groups is 1. The molecule has 0 bridgehead atoms. The summed E-state index contributed by atoms with van der Waals surface area (Å²) in [5, 5.41) is 3.00. The molecule has 0 aromatic heterocycles. The van der Waals surface area contributed by atoms with Gasteiger partial charge in [-0.25, -0.2) is 0 Å². The van der Waals surface area contributed by atoms with Gasteiger partial charge in [-0.2, -0.15) is 8.42 Å². The van der Waals surface area contributed by atoms with Crippen LogP contribution in [0.1, 0.15) is 0 Å². The molecule has 0 saturated heterocycles. The van der Waals surface area contributed by atoms with Crippen molar-refractivity contribution in [3.05, 3.63) is 10.4 Å². The van der Waals surface area contributed by atoms with Crippen LogP contribution in [-0.2, 0) is 9.15 Å². The molecule has 6 nitrogen and oxygen atoms in total. The van der Waals surface area contributed by atoms with E-state index in [4.69, 9.17) is 10.1 Å². The molecule has 0 saturated carbocycles. The fraction of sp³-hybridized carbons (Fsp3) is 1.00. The lowest BCUT2D eigenvalue weighted by molar-refractivity contribution is 0.503. The van der Waals surface area contributed by atoms with Crippen molar-refractivity contribution in [2.45, 2.75) is 3.38 Å². The molecular weight excluding hydrogens is 293 g/mol. The monoisotopic (exact) mass is 295 g/mol. The van der Waals surface area contributed by atoms with E-state index in [1.807, 2.05) is 0 Å². The molecule has 9 heteroatoms. The highest BCUT2D eigenvalue weighted by Crippen LogP contribution is 2.23. The summed E-state index contributed by atoms with van der Waals surface area (Å²) in [6, 6.07) is 0. The molecule has 0 aliphatic heterocycles. The van der Waals surface area contributed by atoms with Gasteiger partial charge in [0.2, 0.25) is 0 Å². The molecule has 0 aliphatic carbocycles. The molecule has 0 amide bonds. The molecule has 1 N–H and O–H groups in total. The molecule has 0 aromatic carbocycles. The van der Waals surface area contributed by atoms with Crippen LogP contribution in [-0.4, -0.2) is 16.4 Å². The fourth-order valence-electron chi connectivity index (χ4n) is 0.160. The minimum Gasteiger partial charge on any atom is -0.277 e. The van der Waals surface area contributed by atoms with Crippen LogP contribution in [0.2, 0.25) is 0 Å². The van der Waals surface area contributed by atoms with Gasteiger partial charge in [-0.15, -0.1) is 0 Å². The number of halogens is 1. The van der Waals surface area contributed by atoms with Crippen LogP contribution in [0.15, 0.2) is 5.11 Å². The lowest BCUT2D eigenvalue weighted by Gasteiger charge is -1.95. The van der Waals surface area contributed by atoms with Crippen molar-refractivity contribution in [1.82, 2.24) is 0 Å². The van der Waals surface area contributed by atoms with Crippen molar-refractivity contribution in [1.29, 1.82) is 0 Å². The summed E-state index contributed by atoms with van der Waals surface area (Å²) in [5.41, 5.74) is 7.80. The first-order valence-electron chi connectivity index (χ1n) is 1.79. The maximum Gasteiger partial charge on any atom is 0.320 e. The molecule has 58 valence electrons. The summed E-state index contributed by atoms with van der Waals surface area (Å²) in [7, 11) is -3.93. The Morgan fingerprint density at radius 2 is 2.30 bits per heavy atom. The van der Waals surface area contributed by atoms with Gasteiger partial charge >= 0.3 is 9.15 Å². The quantitative estimate of drug-likeness (QED) is 0.125. The Kier molecular flexibility index (Phi) is 4.36. The zero-order valence-corrected chi connectivity index (χ0v) is 8.17. The van der Waals surface area contributed by atoms with Crippen LogP contribution < -0.4 is 0 Å². The van der Waals surface area contributed by atoms with Crippen LogP contribution >= 0.6 is 33.4 Å². The lowest BCUT2D eigenvalue weighted by atomic mass is 11.5. The van der Waals surface area contributed by atoms with E-state index in [9.17, 15) is 8.42 Å². The van der Waals surface area contributed by atoms with Gasteiger partial charge in [0.25, 0.3) is 0 Å². The molecule has 0 radical (unpaired) electrons. The minimum atomic E-state index is -4.10. The largest absolute Gasteiger partial charge is 0.320 e. The van der Waals surface area contributed by atoms with Crippen molar-refractivity contribution in [2.75, 3.05) is 0 Å². The van der Waals surface area contributed by atoms with Gasteiger partial charge in [0.05, 0.1) is 0 Å². The summed E-state index contributed by atoms with van der Waals surface area (Å²) < 4.78 is 27.4. The molecule has 0 aliphatic rings. The molecular formula is CH2IN3O3S2. The molecule has 0 aromatic rings. The van der Waals surface area contributed by atoms with Gasteiger partial charge in [-0.3, -0.25) is 4.55 Å². The van der Waals surface area contributed by atoms with Gasteiger partial charge in [0.1, 0.15) is 0 Å². The SMILES string of the molecule is [N-]=[N+]=NC(I)SS(=O)(=O)O. The molecule has 0 fully saturated rings. The van der Waals surface area contributed by atoms with Gasteiger partial charge in [-0.1, -0.05) is 27.7 Å². The Labute approximate surface area is 74.3 Å². The smallest absolute Gasteiger partial charge is 0.277 e. The predicted octanol–water partition coefficient (Wildman–Crippen LogP) is 1.55. The van der Waals surface area contributed by atoms with E-state index in [2.05, 4.69) is 10.0 Å². The molecule has 10 heavy (non-hydrogen) atoms. The zero-order valence-electron chi connectivity index (χ0n) is 4.38. The Bertz CT molecular complexity index is 242. The summed E-state index contributed by atoms with van der Waals surface area (Å²) in [6.45, 7) is 0. The van der Waals surface area contributed by atoms with Crippen LogP contribution in [0.4, 0.5) is 0 Å². The third-order valence-corrected chi connectivity index (χ3v) is 4.16. The minimum absolute atomic E-state index is 0.175. The first-order valence-corrected chi connectivity index (χ1v) is 5.88. The zero-order chi connectivity index (χ0) is 8.20. The van der Waals surface area contributed by atoms with E-state index in [0.717, 1.165) is 0 Å². The van der Waals surface area contributed by atoms with Crippen molar-refractivity contribution in [2.24, 2.45) is 5.11 Å². The normalized spacial score (nSPS) is 13.8. The summed E-state index contributed by atoms with van der Waals surface area (Å²) >= 11 is 1.57. The van der Waals surface area contributed by atoms with Crippen LogP contribution in [0, 0.1) is 0 Å². The Morgan fingerprint density at radius 3 is 2.60 bits per heavy atom. The molecule has 0 spiro atoms. The fourth-order valence-corrected chi connectivity index (χ4v) is 3.63. The van der Waals surface area contributed by atoms with Gasteiger partial charge < -0.3 is 0 Å². The third kappa shape index (κ3) is 6.42. The number of nitrogens with zero attached hydrogens (tertiary/aromatic N) is 3. The van der Waals surface area contributed by atoms with E-state index in [1.165, 1.54) is 0 Å². The first-order chi connectivity index (χ1) is 4.45. The van der Waals surface area contributed by atoms with Gasteiger partial charge in [0, 0.05) is 15.7 Å². The van der Waals surface area contributed by atoms with Crippen molar-refractivity contribution in [3.63, 3.8) is 0 Å². The van der Waals surface area contributed by atoms with E-state index in [-0.39, 0.29) is 10.8 Å². The summed E-state index contributed by atoms with van der Waals surface area (Å²) in [6.07, 6.45) is 0. The summed E-state index contributed by atoms with van der Waals surface area (Å²) in [5.74, 6) is 0. The summed E-state index contributed by atoms with van der Waals surface area (Å²) in [4.78, 5) is 2.34. The Hall–Kier alpha value is 0.300. The molecule has 1 atom stereocenters. The van der Waals surface area contributed by atoms with E-state index < -0.39 is 12.5 Å².